The van der Waals surface area contributed by atoms with Crippen LogP contribution in [0.5, 0.6) is 0 Å². The molecule has 3 heterocycles. The molecule has 2 aromatic carbocycles. The van der Waals surface area contributed by atoms with E-state index in [1.807, 2.05) is 37.8 Å². The van der Waals surface area contributed by atoms with Crippen molar-refractivity contribution < 1.29 is 9.53 Å². The molecule has 1 spiro atoms. The van der Waals surface area contributed by atoms with Crippen LogP contribution in [0.4, 0.5) is 4.79 Å². The monoisotopic (exact) mass is 403 g/mol. The third kappa shape index (κ3) is 3.22. The van der Waals surface area contributed by atoms with Gasteiger partial charge in [-0.15, -0.1) is 0 Å². The summed E-state index contributed by atoms with van der Waals surface area (Å²) >= 11 is 0. The van der Waals surface area contributed by atoms with E-state index in [4.69, 9.17) is 4.74 Å². The molecule has 3 aliphatic rings. The van der Waals surface area contributed by atoms with E-state index < -0.39 is 5.60 Å². The minimum atomic E-state index is -0.512. The summed E-state index contributed by atoms with van der Waals surface area (Å²) in [6.45, 7) is 5.74. The Balaban J connectivity index is 1.48. The molecule has 5 rings (SSSR count). The van der Waals surface area contributed by atoms with Crippen molar-refractivity contribution in [3.63, 3.8) is 0 Å². The van der Waals surface area contributed by atoms with Crippen LogP contribution < -0.4 is 10.6 Å². The third-order valence-electron chi connectivity index (χ3n) is 6.29. The second-order valence-corrected chi connectivity index (χ2v) is 9.53. The zero-order valence-electron chi connectivity index (χ0n) is 17.7. The molecule has 5 heteroatoms. The van der Waals surface area contributed by atoms with E-state index >= 15 is 0 Å². The average Bonchev–Trinajstić information content (AvgIpc) is 3.39. The fourth-order valence-electron chi connectivity index (χ4n) is 5.13. The molecular weight excluding hydrogens is 374 g/mol. The molecule has 2 aromatic rings. The molecule has 3 aliphatic heterocycles. The Bertz CT molecular complexity index is 904. The average molecular weight is 404 g/mol. The Hall–Kier alpha value is -2.63. The predicted octanol–water partition coefficient (Wildman–Crippen LogP) is 4.31. The van der Waals surface area contributed by atoms with Crippen LogP contribution in [0.3, 0.4) is 0 Å². The lowest BCUT2D eigenvalue weighted by Crippen LogP contribution is -2.58. The number of nitrogens with zero attached hydrogens (tertiary/aromatic N) is 1. The summed E-state index contributed by atoms with van der Waals surface area (Å²) in [7, 11) is 0. The molecule has 0 unspecified atom stereocenters. The zero-order valence-corrected chi connectivity index (χ0v) is 17.7. The minimum Gasteiger partial charge on any atom is -0.444 e. The van der Waals surface area contributed by atoms with Gasteiger partial charge in [0.25, 0.3) is 0 Å². The Kier molecular flexibility index (Phi) is 4.49. The van der Waals surface area contributed by atoms with Crippen LogP contribution in [0.25, 0.3) is 0 Å². The summed E-state index contributed by atoms with van der Waals surface area (Å²) in [5.41, 5.74) is 1.59. The van der Waals surface area contributed by atoms with E-state index in [1.54, 1.807) is 0 Å². The van der Waals surface area contributed by atoms with Crippen LogP contribution in [-0.4, -0.2) is 34.3 Å². The van der Waals surface area contributed by atoms with Crippen LogP contribution in [0.2, 0.25) is 0 Å². The molecule has 30 heavy (non-hydrogen) atoms. The molecule has 0 radical (unpaired) electrons. The Morgan fingerprint density at radius 1 is 0.933 bits per heavy atom. The predicted molar refractivity (Wildman–Crippen MR) is 117 cm³/mol. The van der Waals surface area contributed by atoms with Crippen LogP contribution in [0.1, 0.15) is 50.4 Å². The van der Waals surface area contributed by atoms with E-state index in [1.165, 1.54) is 11.1 Å². The number of fused-ring (bicyclic) bond motifs is 3. The van der Waals surface area contributed by atoms with Crippen molar-refractivity contribution in [3.05, 3.63) is 83.9 Å². The van der Waals surface area contributed by atoms with Crippen LogP contribution >= 0.6 is 0 Å². The molecule has 1 amide bonds. The van der Waals surface area contributed by atoms with Crippen LogP contribution in [0, 0.1) is 0 Å². The molecule has 2 saturated heterocycles. The summed E-state index contributed by atoms with van der Waals surface area (Å²) in [4.78, 5) is 14.9. The number of carbonyl (C=O) groups is 1. The minimum absolute atomic E-state index is 0.0378. The summed E-state index contributed by atoms with van der Waals surface area (Å²) in [5.74, 6) is 0. The highest BCUT2D eigenvalue weighted by Crippen LogP contribution is 2.47. The number of nitrogens with one attached hydrogen (secondary N) is 2. The maximum absolute atomic E-state index is 13.0. The molecule has 156 valence electrons. The number of hydrogen-bond donors (Lipinski definition) is 2. The molecule has 0 aliphatic carbocycles. The largest absolute Gasteiger partial charge is 0.444 e. The van der Waals surface area contributed by atoms with Crippen molar-refractivity contribution in [2.24, 2.45) is 0 Å². The second-order valence-electron chi connectivity index (χ2n) is 9.53. The standard InChI is InChI=1S/C25H29N3O2/c1-24(2,3)30-23(29)28-19-14-15-20(28)25(16-19)26-21(17-10-6-4-7-11-17)22(27-25)18-12-8-5-9-13-18/h4-15,19-22,26-27H,16H2,1-3H3/t19-,20+,21+,22+/m0/s1. The van der Waals surface area contributed by atoms with Gasteiger partial charge < -0.3 is 4.74 Å². The van der Waals surface area contributed by atoms with Gasteiger partial charge in [-0.25, -0.2) is 4.79 Å². The zero-order chi connectivity index (χ0) is 20.9. The van der Waals surface area contributed by atoms with E-state index in [0.29, 0.717) is 0 Å². The lowest BCUT2D eigenvalue weighted by Gasteiger charge is -2.34. The normalized spacial score (nSPS) is 29.0. The Labute approximate surface area is 178 Å². The second kappa shape index (κ2) is 6.96. The van der Waals surface area contributed by atoms with E-state index in [9.17, 15) is 4.79 Å². The first-order valence-corrected chi connectivity index (χ1v) is 10.7. The highest BCUT2D eigenvalue weighted by atomic mass is 16.6. The van der Waals surface area contributed by atoms with Gasteiger partial charge in [-0.1, -0.05) is 72.8 Å². The Morgan fingerprint density at radius 3 is 1.97 bits per heavy atom. The van der Waals surface area contributed by atoms with Gasteiger partial charge in [-0.05, 0) is 31.9 Å². The molecular formula is C25H29N3O2. The molecule has 0 aromatic heterocycles. The molecule has 0 saturated carbocycles. The van der Waals surface area contributed by atoms with Crippen molar-refractivity contribution in [2.45, 2.75) is 62.6 Å². The topological polar surface area (TPSA) is 53.6 Å². The van der Waals surface area contributed by atoms with Crippen molar-refractivity contribution in [1.29, 1.82) is 0 Å². The first-order chi connectivity index (χ1) is 14.4. The third-order valence-corrected chi connectivity index (χ3v) is 6.29. The lowest BCUT2D eigenvalue weighted by atomic mass is 9.95. The lowest BCUT2D eigenvalue weighted by molar-refractivity contribution is 0.0207. The van der Waals surface area contributed by atoms with Crippen molar-refractivity contribution in [1.82, 2.24) is 15.5 Å². The molecule has 5 nitrogen and oxygen atoms in total. The van der Waals surface area contributed by atoms with Gasteiger partial charge in [0.1, 0.15) is 5.60 Å². The van der Waals surface area contributed by atoms with Gasteiger partial charge in [0.05, 0.1) is 29.8 Å². The van der Waals surface area contributed by atoms with Crippen molar-refractivity contribution >= 4 is 6.09 Å². The van der Waals surface area contributed by atoms with Gasteiger partial charge in [0.15, 0.2) is 0 Å². The highest BCUT2D eigenvalue weighted by molar-refractivity contribution is 5.72. The molecule has 4 atom stereocenters. The number of benzene rings is 2. The first-order valence-electron chi connectivity index (χ1n) is 10.7. The Morgan fingerprint density at radius 2 is 1.47 bits per heavy atom. The SMILES string of the molecule is CC(C)(C)OC(=O)N1[C@H]2C=C[C@@H]1C1(C2)N[C@H](c2ccccc2)[C@@H](c2ccccc2)N1. The van der Waals surface area contributed by atoms with Gasteiger partial charge in [0, 0.05) is 6.42 Å². The number of rotatable bonds is 2. The van der Waals surface area contributed by atoms with Gasteiger partial charge in [0.2, 0.25) is 0 Å². The van der Waals surface area contributed by atoms with Crippen LogP contribution in [-0.2, 0) is 4.74 Å². The quantitative estimate of drug-likeness (QED) is 0.734. The number of amides is 1. The van der Waals surface area contributed by atoms with Gasteiger partial charge in [-0.2, -0.15) is 0 Å². The smallest absolute Gasteiger partial charge is 0.411 e. The summed E-state index contributed by atoms with van der Waals surface area (Å²) in [5, 5.41) is 7.80. The fourth-order valence-corrected chi connectivity index (χ4v) is 5.13. The van der Waals surface area contributed by atoms with E-state index in [-0.39, 0.29) is 35.9 Å². The molecule has 2 N–H and O–H groups in total. The first kappa shape index (κ1) is 19.3. The maximum atomic E-state index is 13.0. The summed E-state index contributed by atoms with van der Waals surface area (Å²) < 4.78 is 5.72. The van der Waals surface area contributed by atoms with Crippen LogP contribution in [0.15, 0.2) is 72.8 Å². The van der Waals surface area contributed by atoms with Crippen molar-refractivity contribution in [3.8, 4) is 0 Å². The maximum Gasteiger partial charge on any atom is 0.411 e. The molecule has 2 bridgehead atoms. The number of hydrogen-bond acceptors (Lipinski definition) is 4. The van der Waals surface area contributed by atoms with Gasteiger partial charge in [-0.3, -0.25) is 15.5 Å². The van der Waals surface area contributed by atoms with Crippen molar-refractivity contribution in [2.75, 3.05) is 0 Å². The number of carbonyl (C=O) groups excluding carboxylic acids is 1. The summed E-state index contributed by atoms with van der Waals surface area (Å²) in [6.07, 6.45) is 4.85. The molecule has 2 fully saturated rings. The van der Waals surface area contributed by atoms with E-state index in [2.05, 4.69) is 71.3 Å². The van der Waals surface area contributed by atoms with Gasteiger partial charge >= 0.3 is 6.09 Å². The highest BCUT2D eigenvalue weighted by Gasteiger charge is 2.60. The summed E-state index contributed by atoms with van der Waals surface area (Å²) in [6, 6.07) is 21.3. The fraction of sp³-hybridized carbons (Fsp3) is 0.400. The number of ether oxygens (including phenoxy) is 1. The van der Waals surface area contributed by atoms with E-state index in [0.717, 1.165) is 6.42 Å².